The van der Waals surface area contributed by atoms with Crippen LogP contribution < -0.4 is 21.5 Å². The molecule has 4 aromatic carbocycles. The second kappa shape index (κ2) is 12.9. The van der Waals surface area contributed by atoms with Gasteiger partial charge in [-0.05, 0) is 41.0 Å². The van der Waals surface area contributed by atoms with Crippen LogP contribution in [0.25, 0.3) is 0 Å². The zero-order valence-corrected chi connectivity index (χ0v) is 21.2. The minimum Gasteiger partial charge on any atom is -0.340 e. The third kappa shape index (κ3) is 6.89. The molecular weight excluding hydrogens is 496 g/mol. The number of benzene rings is 4. The minimum atomic E-state index is -1.03. The molecule has 0 fully saturated rings. The smallest absolute Gasteiger partial charge is 0.265 e. The Balaban J connectivity index is 1.50. The normalized spacial score (nSPS) is 11.2. The van der Waals surface area contributed by atoms with Crippen molar-refractivity contribution in [2.75, 3.05) is 0 Å². The second-order valence-corrected chi connectivity index (χ2v) is 8.78. The molecule has 4 rings (SSSR count). The highest BCUT2D eigenvalue weighted by Crippen LogP contribution is 2.26. The van der Waals surface area contributed by atoms with E-state index in [1.807, 2.05) is 66.7 Å². The Labute approximate surface area is 226 Å². The predicted molar refractivity (Wildman–Crippen MR) is 150 cm³/mol. The lowest BCUT2D eigenvalue weighted by Gasteiger charge is -2.24. The molecule has 0 aromatic heterocycles. The third-order valence-electron chi connectivity index (χ3n) is 5.77. The number of hydrogen-bond donors (Lipinski definition) is 4. The third-order valence-corrected chi connectivity index (χ3v) is 5.98. The quantitative estimate of drug-likeness (QED) is 0.217. The first-order chi connectivity index (χ1) is 18.5. The van der Waals surface area contributed by atoms with E-state index in [1.165, 1.54) is 0 Å². The maximum atomic E-state index is 13.7. The van der Waals surface area contributed by atoms with Gasteiger partial charge in [0.25, 0.3) is 11.8 Å². The monoisotopic (exact) mass is 522 g/mol. The molecule has 1 unspecified atom stereocenters. The average Bonchev–Trinajstić information content (AvgIpc) is 2.97. The number of carbonyl (C=O) groups excluding carboxylic acids is 3. The predicted octanol–water partition coefficient (Wildman–Crippen LogP) is 4.01. The Morgan fingerprint density at radius 2 is 1.00 bits per heavy atom. The van der Waals surface area contributed by atoms with E-state index in [0.29, 0.717) is 11.1 Å². The molecule has 0 heterocycles. The number of amides is 3. The van der Waals surface area contributed by atoms with Crippen LogP contribution in [0.4, 0.5) is 0 Å². The van der Waals surface area contributed by atoms with Crippen LogP contribution in [0.15, 0.2) is 121 Å². The molecule has 0 aliphatic heterocycles. The Hall–Kier alpha value is -4.82. The molecule has 0 saturated heterocycles. The molecule has 0 bridgehead atoms. The number of carbonyl (C=O) groups is 3. The fraction of sp³-hybridized carbons (Fsp3) is 0.0667. The molecule has 0 saturated carbocycles. The van der Waals surface area contributed by atoms with E-state index in [2.05, 4.69) is 21.5 Å². The summed E-state index contributed by atoms with van der Waals surface area (Å²) in [6.07, 6.45) is 0. The van der Waals surface area contributed by atoms with Gasteiger partial charge < -0.3 is 5.32 Å². The number of rotatable bonds is 7. The first-order valence-corrected chi connectivity index (χ1v) is 12.3. The fourth-order valence-corrected chi connectivity index (χ4v) is 4.09. The van der Waals surface area contributed by atoms with Crippen molar-refractivity contribution in [1.29, 1.82) is 0 Å². The molecular formula is C30H26N4O3S. The highest BCUT2D eigenvalue weighted by atomic mass is 32.1. The van der Waals surface area contributed by atoms with Gasteiger partial charge in [-0.25, -0.2) is 0 Å². The van der Waals surface area contributed by atoms with Crippen molar-refractivity contribution in [3.63, 3.8) is 0 Å². The van der Waals surface area contributed by atoms with Crippen LogP contribution in [0.5, 0.6) is 0 Å². The van der Waals surface area contributed by atoms with E-state index in [4.69, 9.17) is 12.2 Å². The van der Waals surface area contributed by atoms with E-state index < -0.39 is 23.8 Å². The zero-order valence-electron chi connectivity index (χ0n) is 20.3. The van der Waals surface area contributed by atoms with Crippen LogP contribution in [0.2, 0.25) is 0 Å². The van der Waals surface area contributed by atoms with E-state index in [9.17, 15) is 14.4 Å². The van der Waals surface area contributed by atoms with Crippen LogP contribution in [-0.4, -0.2) is 22.8 Å². The summed E-state index contributed by atoms with van der Waals surface area (Å²) in [5, 5.41) is 5.32. The Kier molecular flexibility index (Phi) is 8.93. The molecule has 38 heavy (non-hydrogen) atoms. The number of hydrogen-bond acceptors (Lipinski definition) is 4. The Morgan fingerprint density at radius 1 is 0.553 bits per heavy atom. The van der Waals surface area contributed by atoms with Gasteiger partial charge >= 0.3 is 0 Å². The number of nitrogens with one attached hydrogen (secondary N) is 4. The summed E-state index contributed by atoms with van der Waals surface area (Å²) in [5.41, 5.74) is 7.65. The molecule has 4 N–H and O–H groups in total. The first-order valence-electron chi connectivity index (χ1n) is 11.9. The highest BCUT2D eigenvalue weighted by molar-refractivity contribution is 7.80. The van der Waals surface area contributed by atoms with Crippen LogP contribution in [0.3, 0.4) is 0 Å². The van der Waals surface area contributed by atoms with Crippen LogP contribution >= 0.6 is 12.2 Å². The maximum absolute atomic E-state index is 13.7. The van der Waals surface area contributed by atoms with Gasteiger partial charge in [0.1, 0.15) is 6.04 Å². The van der Waals surface area contributed by atoms with Crippen molar-refractivity contribution >= 4 is 35.1 Å². The van der Waals surface area contributed by atoms with E-state index in [-0.39, 0.29) is 11.0 Å². The maximum Gasteiger partial charge on any atom is 0.265 e. The lowest BCUT2D eigenvalue weighted by Crippen LogP contribution is -2.52. The highest BCUT2D eigenvalue weighted by Gasteiger charge is 2.29. The van der Waals surface area contributed by atoms with Crippen molar-refractivity contribution in [1.82, 2.24) is 21.5 Å². The van der Waals surface area contributed by atoms with Crippen molar-refractivity contribution in [3.8, 4) is 0 Å². The van der Waals surface area contributed by atoms with Gasteiger partial charge in [0.15, 0.2) is 5.11 Å². The van der Waals surface area contributed by atoms with Crippen molar-refractivity contribution in [2.45, 2.75) is 12.0 Å². The summed E-state index contributed by atoms with van der Waals surface area (Å²) < 4.78 is 0. The van der Waals surface area contributed by atoms with Crippen LogP contribution in [0.1, 0.15) is 39.0 Å². The summed E-state index contributed by atoms with van der Waals surface area (Å²) in [7, 11) is 0. The van der Waals surface area contributed by atoms with Gasteiger partial charge in [0.05, 0.1) is 5.92 Å². The van der Waals surface area contributed by atoms with E-state index in [0.717, 1.165) is 11.1 Å². The molecule has 190 valence electrons. The standard InChI is InChI=1S/C30H26N4O3S/c35-27(24-19-11-4-12-20-24)32-30(38)34-33-29(37)26(23-17-9-3-10-18-23)31-28(36)25(21-13-5-1-6-14-21)22-15-7-2-8-16-22/h1-20,25-26H,(H,31,36)(H,33,37)(H2,32,34,35,38). The van der Waals surface area contributed by atoms with Gasteiger partial charge in [-0.2, -0.15) is 0 Å². The molecule has 0 aliphatic rings. The van der Waals surface area contributed by atoms with Gasteiger partial charge in [-0.1, -0.05) is 109 Å². The van der Waals surface area contributed by atoms with Gasteiger partial charge in [0.2, 0.25) is 5.91 Å². The summed E-state index contributed by atoms with van der Waals surface area (Å²) in [6.45, 7) is 0. The lowest BCUT2D eigenvalue weighted by atomic mass is 9.90. The lowest BCUT2D eigenvalue weighted by molar-refractivity contribution is -0.129. The van der Waals surface area contributed by atoms with Gasteiger partial charge in [0, 0.05) is 5.56 Å². The minimum absolute atomic E-state index is 0.0863. The van der Waals surface area contributed by atoms with Crippen molar-refractivity contribution < 1.29 is 14.4 Å². The molecule has 0 aliphatic carbocycles. The fourth-order valence-electron chi connectivity index (χ4n) is 3.94. The summed E-state index contributed by atoms with van der Waals surface area (Å²) in [6, 6.07) is 35.2. The molecule has 7 nitrogen and oxygen atoms in total. The zero-order chi connectivity index (χ0) is 26.7. The van der Waals surface area contributed by atoms with Gasteiger partial charge in [-0.3, -0.25) is 30.6 Å². The van der Waals surface area contributed by atoms with Crippen molar-refractivity contribution in [3.05, 3.63) is 144 Å². The van der Waals surface area contributed by atoms with E-state index in [1.54, 1.807) is 54.6 Å². The van der Waals surface area contributed by atoms with Crippen LogP contribution in [-0.2, 0) is 9.59 Å². The average molecular weight is 523 g/mol. The largest absolute Gasteiger partial charge is 0.340 e. The Morgan fingerprint density at radius 3 is 1.50 bits per heavy atom. The molecule has 4 aromatic rings. The molecule has 1 atom stereocenters. The summed E-state index contributed by atoms with van der Waals surface area (Å²) >= 11 is 5.16. The van der Waals surface area contributed by atoms with Crippen molar-refractivity contribution in [2.24, 2.45) is 0 Å². The topological polar surface area (TPSA) is 99.3 Å². The van der Waals surface area contributed by atoms with Gasteiger partial charge in [-0.15, -0.1) is 0 Å². The summed E-state index contributed by atoms with van der Waals surface area (Å²) in [4.78, 5) is 39.3. The second-order valence-electron chi connectivity index (χ2n) is 8.37. The molecule has 0 radical (unpaired) electrons. The first kappa shape index (κ1) is 26.2. The number of thiocarbonyl (C=S) groups is 1. The molecule has 8 heteroatoms. The summed E-state index contributed by atoms with van der Waals surface area (Å²) in [5.74, 6) is -1.94. The number of hydrazine groups is 1. The SMILES string of the molecule is O=C(NC(=S)NNC(=O)C(NC(=O)C(c1ccccc1)c1ccccc1)c1ccccc1)c1ccccc1. The Bertz CT molecular complexity index is 1340. The van der Waals surface area contributed by atoms with E-state index >= 15 is 0 Å². The molecule has 0 spiro atoms. The molecule has 3 amide bonds. The van der Waals surface area contributed by atoms with Crippen LogP contribution in [0, 0.1) is 0 Å².